The standard InChI is InChI=1S/C19H29N3O2S/c1-25(2,3)9-8-23-14-21-7-6-15-10-16(11-20-19(15)21)22-12-17-4-5-18(13-22)24-17/h6-7,10-11,17-18H,4-5,8-9,12-14H2,1-3H3. The molecular weight excluding hydrogens is 334 g/mol. The summed E-state index contributed by atoms with van der Waals surface area (Å²) in [5, 5.41) is 1.18. The lowest BCUT2D eigenvalue weighted by Gasteiger charge is -2.33. The van der Waals surface area contributed by atoms with Crippen molar-refractivity contribution in [1.82, 2.24) is 9.55 Å². The van der Waals surface area contributed by atoms with Crippen molar-refractivity contribution in [1.29, 1.82) is 0 Å². The third-order valence-corrected chi connectivity index (χ3v) is 6.46. The summed E-state index contributed by atoms with van der Waals surface area (Å²) in [5.41, 5.74) is 2.21. The van der Waals surface area contributed by atoms with Crippen LogP contribution < -0.4 is 4.90 Å². The summed E-state index contributed by atoms with van der Waals surface area (Å²) in [4.78, 5) is 7.15. The molecule has 6 heteroatoms. The van der Waals surface area contributed by atoms with E-state index in [0.29, 0.717) is 18.9 Å². The molecule has 4 rings (SSSR count). The van der Waals surface area contributed by atoms with E-state index in [-0.39, 0.29) is 0 Å². The van der Waals surface area contributed by atoms with Gasteiger partial charge in [-0.3, -0.25) is 0 Å². The normalized spacial score (nSPS) is 24.2. The minimum absolute atomic E-state index is 0.400. The van der Waals surface area contributed by atoms with E-state index in [0.717, 1.165) is 31.1 Å². The fourth-order valence-corrected chi connectivity index (χ4v) is 4.26. The van der Waals surface area contributed by atoms with Crippen molar-refractivity contribution in [2.24, 2.45) is 0 Å². The molecule has 25 heavy (non-hydrogen) atoms. The van der Waals surface area contributed by atoms with Crippen LogP contribution in [0, 0.1) is 0 Å². The Hall–Kier alpha value is -1.24. The average Bonchev–Trinajstić information content (AvgIpc) is 3.13. The highest BCUT2D eigenvalue weighted by Gasteiger charge is 2.33. The van der Waals surface area contributed by atoms with Crippen LogP contribution in [0.15, 0.2) is 24.5 Å². The van der Waals surface area contributed by atoms with Gasteiger partial charge in [0, 0.05) is 30.4 Å². The second kappa shape index (κ2) is 6.82. The van der Waals surface area contributed by atoms with Gasteiger partial charge >= 0.3 is 0 Å². The maximum atomic E-state index is 5.94. The quantitative estimate of drug-likeness (QED) is 0.740. The number of ether oxygens (including phenoxy) is 2. The maximum Gasteiger partial charge on any atom is 0.141 e. The van der Waals surface area contributed by atoms with Crippen LogP contribution in [0.4, 0.5) is 5.69 Å². The second-order valence-electron chi connectivity index (χ2n) is 8.09. The fourth-order valence-electron chi connectivity index (χ4n) is 3.64. The first-order chi connectivity index (χ1) is 12.0. The zero-order valence-corrected chi connectivity index (χ0v) is 16.3. The third-order valence-electron chi connectivity index (χ3n) is 5.07. The van der Waals surface area contributed by atoms with E-state index < -0.39 is 10.0 Å². The molecule has 2 unspecified atom stereocenters. The molecule has 0 aliphatic carbocycles. The van der Waals surface area contributed by atoms with E-state index in [2.05, 4.69) is 46.6 Å². The molecule has 2 bridgehead atoms. The van der Waals surface area contributed by atoms with Gasteiger partial charge in [-0.15, -0.1) is 0 Å². The van der Waals surface area contributed by atoms with Crippen molar-refractivity contribution in [3.8, 4) is 0 Å². The highest BCUT2D eigenvalue weighted by molar-refractivity contribution is 8.32. The largest absolute Gasteiger partial charge is 0.371 e. The predicted octanol–water partition coefficient (Wildman–Crippen LogP) is 3.07. The van der Waals surface area contributed by atoms with Gasteiger partial charge in [0.25, 0.3) is 0 Å². The molecule has 0 amide bonds. The zero-order chi connectivity index (χ0) is 17.4. The SMILES string of the molecule is CS(C)(C)CCOCn1ccc2cc(N3CC4CCC(C3)O4)cnc21. The van der Waals surface area contributed by atoms with E-state index >= 15 is 0 Å². The fraction of sp³-hybridized carbons (Fsp3) is 0.632. The lowest BCUT2D eigenvalue weighted by atomic mass is 10.2. The molecular formula is C19H29N3O2S. The lowest BCUT2D eigenvalue weighted by molar-refractivity contribution is 0.0305. The Morgan fingerprint density at radius 3 is 2.72 bits per heavy atom. The molecule has 2 saturated heterocycles. The molecule has 0 saturated carbocycles. The Kier molecular flexibility index (Phi) is 4.69. The van der Waals surface area contributed by atoms with Crippen molar-refractivity contribution in [3.63, 3.8) is 0 Å². The molecule has 2 fully saturated rings. The number of hydrogen-bond donors (Lipinski definition) is 0. The molecule has 0 aromatic carbocycles. The summed E-state index contributed by atoms with van der Waals surface area (Å²) in [7, 11) is -0.495. The Balaban J connectivity index is 1.42. The number of morpholine rings is 1. The zero-order valence-electron chi connectivity index (χ0n) is 15.5. The van der Waals surface area contributed by atoms with Gasteiger partial charge in [-0.1, -0.05) is 0 Å². The first-order valence-corrected chi connectivity index (χ1v) is 12.1. The van der Waals surface area contributed by atoms with E-state index in [4.69, 9.17) is 14.5 Å². The molecule has 2 aromatic rings. The summed E-state index contributed by atoms with van der Waals surface area (Å²) in [6.45, 7) is 3.37. The highest BCUT2D eigenvalue weighted by atomic mass is 32.3. The van der Waals surface area contributed by atoms with E-state index in [1.807, 2.05) is 6.20 Å². The molecule has 5 nitrogen and oxygen atoms in total. The first kappa shape index (κ1) is 17.2. The van der Waals surface area contributed by atoms with Gasteiger partial charge in [-0.2, -0.15) is 0 Å². The summed E-state index contributed by atoms with van der Waals surface area (Å²) >= 11 is 0. The highest BCUT2D eigenvalue weighted by Crippen LogP contribution is 2.33. The number of hydrogen-bond acceptors (Lipinski definition) is 4. The lowest BCUT2D eigenvalue weighted by Crippen LogP contribution is -2.42. The Bertz CT molecular complexity index is 728. The summed E-state index contributed by atoms with van der Waals surface area (Å²) < 4.78 is 13.9. The van der Waals surface area contributed by atoms with Crippen LogP contribution >= 0.6 is 10.0 Å². The molecule has 0 spiro atoms. The molecule has 0 N–H and O–H groups in total. The molecule has 2 aromatic heterocycles. The van der Waals surface area contributed by atoms with Crippen LogP contribution in [0.5, 0.6) is 0 Å². The van der Waals surface area contributed by atoms with Gasteiger partial charge in [0.1, 0.15) is 12.4 Å². The third kappa shape index (κ3) is 3.96. The number of pyridine rings is 1. The minimum Gasteiger partial charge on any atom is -0.371 e. The van der Waals surface area contributed by atoms with Crippen molar-refractivity contribution < 1.29 is 9.47 Å². The maximum absolute atomic E-state index is 5.94. The van der Waals surface area contributed by atoms with Gasteiger partial charge in [0.2, 0.25) is 0 Å². The number of anilines is 1. The predicted molar refractivity (Wildman–Crippen MR) is 106 cm³/mol. The van der Waals surface area contributed by atoms with Gasteiger partial charge in [-0.25, -0.2) is 15.0 Å². The summed E-state index contributed by atoms with van der Waals surface area (Å²) in [6, 6.07) is 4.39. The number of fused-ring (bicyclic) bond motifs is 3. The average molecular weight is 364 g/mol. The molecule has 0 radical (unpaired) electrons. The van der Waals surface area contributed by atoms with Crippen molar-refractivity contribution in [2.75, 3.05) is 49.1 Å². The smallest absolute Gasteiger partial charge is 0.141 e. The first-order valence-electron chi connectivity index (χ1n) is 9.07. The van der Waals surface area contributed by atoms with Crippen LogP contribution in [0.2, 0.25) is 0 Å². The van der Waals surface area contributed by atoms with Gasteiger partial charge < -0.3 is 18.9 Å². The molecule has 2 atom stereocenters. The molecule has 2 aliphatic rings. The molecule has 4 heterocycles. The van der Waals surface area contributed by atoms with E-state index in [9.17, 15) is 0 Å². The number of nitrogens with zero attached hydrogens (tertiary/aromatic N) is 3. The van der Waals surface area contributed by atoms with Crippen LogP contribution in [-0.2, 0) is 16.2 Å². The van der Waals surface area contributed by atoms with Crippen molar-refractivity contribution in [2.45, 2.75) is 31.8 Å². The van der Waals surface area contributed by atoms with E-state index in [1.54, 1.807) is 0 Å². The van der Waals surface area contributed by atoms with Crippen molar-refractivity contribution in [3.05, 3.63) is 24.5 Å². The summed E-state index contributed by atoms with van der Waals surface area (Å²) in [5.74, 6) is 1.14. The Morgan fingerprint density at radius 2 is 2.00 bits per heavy atom. The second-order valence-corrected chi connectivity index (χ2v) is 12.7. The van der Waals surface area contributed by atoms with Crippen LogP contribution in [0.3, 0.4) is 0 Å². The van der Waals surface area contributed by atoms with Gasteiger partial charge in [-0.05, 0) is 43.7 Å². The number of aromatic nitrogens is 2. The van der Waals surface area contributed by atoms with E-state index in [1.165, 1.54) is 23.9 Å². The van der Waals surface area contributed by atoms with Crippen LogP contribution in [0.25, 0.3) is 11.0 Å². The van der Waals surface area contributed by atoms with Crippen LogP contribution in [-0.4, -0.2) is 66.0 Å². The number of rotatable bonds is 6. The van der Waals surface area contributed by atoms with Gasteiger partial charge in [0.05, 0.1) is 30.7 Å². The topological polar surface area (TPSA) is 39.5 Å². The molecule has 2 aliphatic heterocycles. The van der Waals surface area contributed by atoms with Crippen molar-refractivity contribution >= 4 is 26.7 Å². The minimum atomic E-state index is -0.495. The van der Waals surface area contributed by atoms with Crippen LogP contribution in [0.1, 0.15) is 12.8 Å². The van der Waals surface area contributed by atoms with Gasteiger partial charge in [0.15, 0.2) is 0 Å². The molecule has 138 valence electrons. The Morgan fingerprint density at radius 1 is 1.24 bits per heavy atom. The monoisotopic (exact) mass is 363 g/mol. The Labute approximate surface area is 151 Å². The summed E-state index contributed by atoms with van der Waals surface area (Å²) in [6.07, 6.45) is 14.2.